The first kappa shape index (κ1) is 18.4. The van der Waals surface area contributed by atoms with Crippen LogP contribution in [0.15, 0.2) is 48.5 Å². The summed E-state index contributed by atoms with van der Waals surface area (Å²) >= 11 is 0. The van der Waals surface area contributed by atoms with Crippen LogP contribution in [-0.2, 0) is 11.3 Å². The van der Waals surface area contributed by atoms with Gasteiger partial charge in [0.05, 0.1) is 20.8 Å². The average molecular weight is 341 g/mol. The summed E-state index contributed by atoms with van der Waals surface area (Å²) in [6, 6.07) is 13.1. The molecule has 5 nitrogen and oxygen atoms in total. The standard InChI is InChI=1S/C20H23NO4/c1-4-25-19-13-15(7-11-18(19)24-3)8-12-20(22)21-14-16-5-9-17(23-2)10-6-16/h5-13H,4,14H2,1-3H3,(H,21,22)/b12-8+. The van der Waals surface area contributed by atoms with E-state index in [4.69, 9.17) is 14.2 Å². The molecule has 2 aromatic carbocycles. The van der Waals surface area contributed by atoms with Gasteiger partial charge in [-0.25, -0.2) is 0 Å². The summed E-state index contributed by atoms with van der Waals surface area (Å²) in [6.45, 7) is 2.92. The molecule has 1 amide bonds. The van der Waals surface area contributed by atoms with E-state index in [1.165, 1.54) is 6.08 Å². The highest BCUT2D eigenvalue weighted by molar-refractivity contribution is 5.91. The Hall–Kier alpha value is -2.95. The molecule has 0 heterocycles. The molecule has 0 atom stereocenters. The molecule has 0 spiro atoms. The summed E-state index contributed by atoms with van der Waals surface area (Å²) < 4.78 is 15.9. The van der Waals surface area contributed by atoms with Gasteiger partial charge in [-0.15, -0.1) is 0 Å². The maximum atomic E-state index is 12.0. The molecule has 0 aliphatic carbocycles. The van der Waals surface area contributed by atoms with Gasteiger partial charge in [-0.1, -0.05) is 18.2 Å². The molecule has 0 bridgehead atoms. The van der Waals surface area contributed by atoms with Gasteiger partial charge in [0.1, 0.15) is 5.75 Å². The van der Waals surface area contributed by atoms with Gasteiger partial charge in [0.2, 0.25) is 5.91 Å². The van der Waals surface area contributed by atoms with Crippen molar-refractivity contribution in [2.75, 3.05) is 20.8 Å². The predicted molar refractivity (Wildman–Crippen MR) is 98.0 cm³/mol. The zero-order valence-electron chi connectivity index (χ0n) is 14.7. The highest BCUT2D eigenvalue weighted by atomic mass is 16.5. The lowest BCUT2D eigenvalue weighted by atomic mass is 10.2. The smallest absolute Gasteiger partial charge is 0.244 e. The third-order valence-electron chi connectivity index (χ3n) is 3.54. The van der Waals surface area contributed by atoms with Crippen LogP contribution in [0.5, 0.6) is 17.2 Å². The van der Waals surface area contributed by atoms with Crippen LogP contribution >= 0.6 is 0 Å². The maximum absolute atomic E-state index is 12.0. The molecule has 0 saturated heterocycles. The lowest BCUT2D eigenvalue weighted by Crippen LogP contribution is -2.20. The zero-order valence-corrected chi connectivity index (χ0v) is 14.7. The number of benzene rings is 2. The van der Waals surface area contributed by atoms with E-state index in [0.29, 0.717) is 24.7 Å². The van der Waals surface area contributed by atoms with E-state index in [0.717, 1.165) is 16.9 Å². The molecule has 0 aromatic heterocycles. The molecule has 2 aromatic rings. The minimum absolute atomic E-state index is 0.162. The van der Waals surface area contributed by atoms with Gasteiger partial charge in [0.25, 0.3) is 0 Å². The van der Waals surface area contributed by atoms with Crippen molar-refractivity contribution in [3.05, 3.63) is 59.7 Å². The third kappa shape index (κ3) is 5.57. The van der Waals surface area contributed by atoms with Crippen molar-refractivity contribution in [2.24, 2.45) is 0 Å². The number of hydrogen-bond donors (Lipinski definition) is 1. The van der Waals surface area contributed by atoms with Crippen molar-refractivity contribution < 1.29 is 19.0 Å². The van der Waals surface area contributed by atoms with Crippen molar-refractivity contribution in [3.63, 3.8) is 0 Å². The van der Waals surface area contributed by atoms with Crippen LogP contribution in [0.2, 0.25) is 0 Å². The van der Waals surface area contributed by atoms with Crippen molar-refractivity contribution in [2.45, 2.75) is 13.5 Å². The Labute approximate surface area is 148 Å². The number of carbonyl (C=O) groups excluding carboxylic acids is 1. The molecular formula is C20H23NO4. The number of ether oxygens (including phenoxy) is 3. The summed E-state index contributed by atoms with van der Waals surface area (Å²) in [4.78, 5) is 12.0. The van der Waals surface area contributed by atoms with E-state index >= 15 is 0 Å². The normalized spacial score (nSPS) is 10.5. The van der Waals surface area contributed by atoms with Crippen LogP contribution in [0.1, 0.15) is 18.1 Å². The lowest BCUT2D eigenvalue weighted by molar-refractivity contribution is -0.116. The predicted octanol–water partition coefficient (Wildman–Crippen LogP) is 3.43. The fraction of sp³-hybridized carbons (Fsp3) is 0.250. The fourth-order valence-electron chi connectivity index (χ4n) is 2.23. The zero-order chi connectivity index (χ0) is 18.1. The number of methoxy groups -OCH3 is 2. The molecule has 0 fully saturated rings. The average Bonchev–Trinajstić information content (AvgIpc) is 2.65. The topological polar surface area (TPSA) is 56.8 Å². The number of rotatable bonds is 8. The van der Waals surface area contributed by atoms with Crippen molar-refractivity contribution in [1.29, 1.82) is 0 Å². The second-order valence-corrected chi connectivity index (χ2v) is 5.24. The highest BCUT2D eigenvalue weighted by Crippen LogP contribution is 2.28. The Kier molecular flexibility index (Phi) is 6.89. The quantitative estimate of drug-likeness (QED) is 0.748. The minimum Gasteiger partial charge on any atom is -0.497 e. The van der Waals surface area contributed by atoms with Gasteiger partial charge in [0.15, 0.2) is 11.5 Å². The van der Waals surface area contributed by atoms with Gasteiger partial charge in [-0.2, -0.15) is 0 Å². The second kappa shape index (κ2) is 9.37. The molecule has 0 saturated carbocycles. The molecular weight excluding hydrogens is 318 g/mol. The molecule has 0 aliphatic heterocycles. The van der Waals surface area contributed by atoms with Crippen molar-refractivity contribution >= 4 is 12.0 Å². The van der Waals surface area contributed by atoms with Crippen LogP contribution in [0, 0.1) is 0 Å². The first-order valence-corrected chi connectivity index (χ1v) is 8.06. The molecule has 1 N–H and O–H groups in total. The largest absolute Gasteiger partial charge is 0.497 e. The second-order valence-electron chi connectivity index (χ2n) is 5.24. The molecule has 5 heteroatoms. The highest BCUT2D eigenvalue weighted by Gasteiger charge is 2.04. The number of nitrogens with one attached hydrogen (secondary N) is 1. The Morgan fingerprint density at radius 2 is 1.80 bits per heavy atom. The van der Waals surface area contributed by atoms with Gasteiger partial charge in [-0.05, 0) is 48.4 Å². The van der Waals surface area contributed by atoms with Crippen molar-refractivity contribution in [1.82, 2.24) is 5.32 Å². The van der Waals surface area contributed by atoms with Crippen LogP contribution in [0.25, 0.3) is 6.08 Å². The van der Waals surface area contributed by atoms with Crippen LogP contribution in [0.3, 0.4) is 0 Å². The van der Waals surface area contributed by atoms with Gasteiger partial charge < -0.3 is 19.5 Å². The molecule has 2 rings (SSSR count). The number of hydrogen-bond acceptors (Lipinski definition) is 4. The van der Waals surface area contributed by atoms with Gasteiger partial charge >= 0.3 is 0 Å². The molecule has 25 heavy (non-hydrogen) atoms. The minimum atomic E-state index is -0.162. The summed E-state index contributed by atoms with van der Waals surface area (Å²) in [6.07, 6.45) is 3.24. The van der Waals surface area contributed by atoms with E-state index in [9.17, 15) is 4.79 Å². The SMILES string of the molecule is CCOc1cc(/C=C/C(=O)NCc2ccc(OC)cc2)ccc1OC. The molecule has 0 radical (unpaired) electrons. The van der Waals surface area contributed by atoms with Crippen LogP contribution in [0.4, 0.5) is 0 Å². The summed E-state index contributed by atoms with van der Waals surface area (Å²) in [5.41, 5.74) is 1.87. The summed E-state index contributed by atoms with van der Waals surface area (Å²) in [5.74, 6) is 1.96. The van der Waals surface area contributed by atoms with E-state index in [-0.39, 0.29) is 5.91 Å². The fourth-order valence-corrected chi connectivity index (χ4v) is 2.23. The monoisotopic (exact) mass is 341 g/mol. The number of carbonyl (C=O) groups is 1. The Balaban J connectivity index is 1.93. The Morgan fingerprint density at radius 1 is 1.04 bits per heavy atom. The molecule has 0 unspecified atom stereocenters. The first-order valence-electron chi connectivity index (χ1n) is 8.06. The van der Waals surface area contributed by atoms with E-state index in [2.05, 4.69) is 5.32 Å². The molecule has 0 aliphatic rings. The van der Waals surface area contributed by atoms with E-state index < -0.39 is 0 Å². The maximum Gasteiger partial charge on any atom is 0.244 e. The van der Waals surface area contributed by atoms with Crippen LogP contribution < -0.4 is 19.5 Å². The third-order valence-corrected chi connectivity index (χ3v) is 3.54. The van der Waals surface area contributed by atoms with Crippen molar-refractivity contribution in [3.8, 4) is 17.2 Å². The number of amides is 1. The van der Waals surface area contributed by atoms with Crippen LogP contribution in [-0.4, -0.2) is 26.7 Å². The van der Waals surface area contributed by atoms with Gasteiger partial charge in [0, 0.05) is 12.6 Å². The van der Waals surface area contributed by atoms with E-state index in [1.807, 2.05) is 49.4 Å². The Morgan fingerprint density at radius 3 is 2.44 bits per heavy atom. The Bertz CT molecular complexity index is 723. The lowest BCUT2D eigenvalue weighted by Gasteiger charge is -2.09. The van der Waals surface area contributed by atoms with E-state index in [1.54, 1.807) is 20.3 Å². The molecule has 132 valence electrons. The summed E-state index contributed by atoms with van der Waals surface area (Å²) in [5, 5.41) is 2.85. The summed E-state index contributed by atoms with van der Waals surface area (Å²) in [7, 11) is 3.22. The van der Waals surface area contributed by atoms with Gasteiger partial charge in [-0.3, -0.25) is 4.79 Å². The first-order chi connectivity index (χ1) is 12.2.